The van der Waals surface area contributed by atoms with E-state index >= 15 is 0 Å². The molecule has 0 heteroatoms. The molecule has 0 aromatic carbocycles. The van der Waals surface area contributed by atoms with Crippen molar-refractivity contribution in [3.63, 3.8) is 0 Å². The minimum Gasteiger partial charge on any atom is -0.0885 e. The number of rotatable bonds is 0. The van der Waals surface area contributed by atoms with Gasteiger partial charge < -0.3 is 0 Å². The number of hydrogen-bond acceptors (Lipinski definition) is 0. The summed E-state index contributed by atoms with van der Waals surface area (Å²) in [6, 6.07) is 0. The molecule has 0 bridgehead atoms. The van der Waals surface area contributed by atoms with Gasteiger partial charge in [0, 0.05) is 0 Å². The average molecular weight is 148 g/mol. The Morgan fingerprint density at radius 3 is 2.64 bits per heavy atom. The van der Waals surface area contributed by atoms with Gasteiger partial charge in [-0.25, -0.2) is 0 Å². The molecular formula is C11H16. The lowest BCUT2D eigenvalue weighted by Gasteiger charge is -2.19. The zero-order valence-corrected chi connectivity index (χ0v) is 7.00. The minimum atomic E-state index is 0.917. The van der Waals surface area contributed by atoms with Crippen molar-refractivity contribution >= 4 is 0 Å². The Kier molecular flexibility index (Phi) is 2.11. The Morgan fingerprint density at radius 1 is 0.909 bits per heavy atom. The normalized spacial score (nSPS) is 39.3. The standard InChI is InChI=1S/C11H16/c1-2-4-7-11-9-5-8-10(11)6-3-1/h1-2,5,8,10-11H,3-4,6-7,9H2/b2-1-. The number of fused-ring (bicyclic) bond motifs is 1. The monoisotopic (exact) mass is 148 g/mol. The van der Waals surface area contributed by atoms with Gasteiger partial charge in [-0.05, 0) is 43.9 Å². The fraction of sp³-hybridized carbons (Fsp3) is 0.636. The summed E-state index contributed by atoms with van der Waals surface area (Å²) >= 11 is 0. The van der Waals surface area contributed by atoms with Crippen molar-refractivity contribution in [1.29, 1.82) is 0 Å². The quantitative estimate of drug-likeness (QED) is 0.462. The first kappa shape index (κ1) is 7.15. The molecule has 2 aliphatic carbocycles. The Balaban J connectivity index is 2.01. The fourth-order valence-corrected chi connectivity index (χ4v) is 2.26. The molecule has 2 unspecified atom stereocenters. The van der Waals surface area contributed by atoms with Gasteiger partial charge in [-0.3, -0.25) is 0 Å². The molecule has 0 radical (unpaired) electrons. The SMILES string of the molecule is C1=CC2CC/C=C\CCC2C1. The first-order chi connectivity index (χ1) is 5.47. The maximum absolute atomic E-state index is 2.43. The molecule has 0 N–H and O–H groups in total. The van der Waals surface area contributed by atoms with E-state index in [-0.39, 0.29) is 0 Å². The highest BCUT2D eigenvalue weighted by molar-refractivity contribution is 5.03. The third-order valence-corrected chi connectivity index (χ3v) is 2.97. The minimum absolute atomic E-state index is 0.917. The Morgan fingerprint density at radius 2 is 1.73 bits per heavy atom. The predicted octanol–water partition coefficient (Wildman–Crippen LogP) is 3.31. The van der Waals surface area contributed by atoms with Crippen LogP contribution in [0, 0.1) is 11.8 Å². The summed E-state index contributed by atoms with van der Waals surface area (Å²) in [5, 5.41) is 0. The van der Waals surface area contributed by atoms with Crippen LogP contribution in [0.4, 0.5) is 0 Å². The molecular weight excluding hydrogens is 132 g/mol. The summed E-state index contributed by atoms with van der Waals surface area (Å²) in [4.78, 5) is 0. The number of allylic oxidation sites excluding steroid dienone is 4. The zero-order chi connectivity index (χ0) is 7.52. The lowest BCUT2D eigenvalue weighted by atomic mass is 9.86. The van der Waals surface area contributed by atoms with E-state index in [4.69, 9.17) is 0 Å². The summed E-state index contributed by atoms with van der Waals surface area (Å²) in [5.74, 6) is 1.90. The van der Waals surface area contributed by atoms with Crippen molar-refractivity contribution in [2.45, 2.75) is 32.1 Å². The van der Waals surface area contributed by atoms with Crippen molar-refractivity contribution in [3.8, 4) is 0 Å². The van der Waals surface area contributed by atoms with Crippen LogP contribution in [0.1, 0.15) is 32.1 Å². The third kappa shape index (κ3) is 1.55. The highest BCUT2D eigenvalue weighted by Gasteiger charge is 2.21. The first-order valence-corrected chi connectivity index (χ1v) is 4.78. The second kappa shape index (κ2) is 3.25. The van der Waals surface area contributed by atoms with Crippen molar-refractivity contribution in [1.82, 2.24) is 0 Å². The molecule has 2 aliphatic rings. The van der Waals surface area contributed by atoms with Crippen LogP contribution in [0.3, 0.4) is 0 Å². The van der Waals surface area contributed by atoms with Crippen molar-refractivity contribution in [3.05, 3.63) is 24.3 Å². The Hall–Kier alpha value is -0.520. The molecule has 0 fully saturated rings. The maximum atomic E-state index is 2.43. The summed E-state index contributed by atoms with van der Waals surface area (Å²) in [7, 11) is 0. The third-order valence-electron chi connectivity index (χ3n) is 2.97. The first-order valence-electron chi connectivity index (χ1n) is 4.78. The highest BCUT2D eigenvalue weighted by atomic mass is 14.3. The van der Waals surface area contributed by atoms with Crippen LogP contribution in [0.15, 0.2) is 24.3 Å². The van der Waals surface area contributed by atoms with Gasteiger partial charge in [0.05, 0.1) is 0 Å². The summed E-state index contributed by atoms with van der Waals surface area (Å²) < 4.78 is 0. The molecule has 0 saturated carbocycles. The van der Waals surface area contributed by atoms with Crippen LogP contribution in [-0.2, 0) is 0 Å². The van der Waals surface area contributed by atoms with Gasteiger partial charge in [0.2, 0.25) is 0 Å². The van der Waals surface area contributed by atoms with Gasteiger partial charge in [-0.15, -0.1) is 0 Å². The van der Waals surface area contributed by atoms with Crippen LogP contribution >= 0.6 is 0 Å². The predicted molar refractivity (Wildman–Crippen MR) is 48.3 cm³/mol. The molecule has 0 nitrogen and oxygen atoms in total. The Labute approximate surface area is 69.0 Å². The van der Waals surface area contributed by atoms with E-state index in [0.717, 1.165) is 11.8 Å². The van der Waals surface area contributed by atoms with Gasteiger partial charge in [-0.1, -0.05) is 24.3 Å². The van der Waals surface area contributed by atoms with Crippen molar-refractivity contribution in [2.24, 2.45) is 11.8 Å². The van der Waals surface area contributed by atoms with Crippen LogP contribution in [0.5, 0.6) is 0 Å². The Bertz CT molecular complexity index is 176. The van der Waals surface area contributed by atoms with Crippen LogP contribution in [0.2, 0.25) is 0 Å². The highest BCUT2D eigenvalue weighted by Crippen LogP contribution is 2.33. The van der Waals surface area contributed by atoms with Crippen molar-refractivity contribution in [2.75, 3.05) is 0 Å². The molecule has 60 valence electrons. The molecule has 0 saturated heterocycles. The second-order valence-electron chi connectivity index (χ2n) is 3.71. The molecule has 11 heavy (non-hydrogen) atoms. The molecule has 2 atom stereocenters. The molecule has 0 spiro atoms. The summed E-state index contributed by atoms with van der Waals surface area (Å²) in [6.07, 6.45) is 16.3. The fourth-order valence-electron chi connectivity index (χ4n) is 2.26. The van der Waals surface area contributed by atoms with E-state index in [1.807, 2.05) is 0 Å². The van der Waals surface area contributed by atoms with Crippen LogP contribution < -0.4 is 0 Å². The largest absolute Gasteiger partial charge is 0.0885 e. The molecule has 2 rings (SSSR count). The molecule has 0 heterocycles. The summed E-state index contributed by atoms with van der Waals surface area (Å²) in [5.41, 5.74) is 0. The second-order valence-corrected chi connectivity index (χ2v) is 3.71. The molecule has 0 aliphatic heterocycles. The molecule has 0 amide bonds. The maximum Gasteiger partial charge on any atom is -0.0199 e. The lowest BCUT2D eigenvalue weighted by Crippen LogP contribution is -2.08. The van der Waals surface area contributed by atoms with E-state index in [0.29, 0.717) is 0 Å². The van der Waals surface area contributed by atoms with Gasteiger partial charge >= 0.3 is 0 Å². The number of hydrogen-bond donors (Lipinski definition) is 0. The average Bonchev–Trinajstić information content (AvgIpc) is 2.35. The van der Waals surface area contributed by atoms with E-state index in [9.17, 15) is 0 Å². The molecule has 0 aromatic rings. The van der Waals surface area contributed by atoms with E-state index < -0.39 is 0 Å². The molecule has 0 aromatic heterocycles. The van der Waals surface area contributed by atoms with Crippen LogP contribution in [-0.4, -0.2) is 0 Å². The van der Waals surface area contributed by atoms with Crippen molar-refractivity contribution < 1.29 is 0 Å². The summed E-state index contributed by atoms with van der Waals surface area (Å²) in [6.45, 7) is 0. The van der Waals surface area contributed by atoms with Gasteiger partial charge in [0.25, 0.3) is 0 Å². The van der Waals surface area contributed by atoms with Crippen LogP contribution in [0.25, 0.3) is 0 Å². The topological polar surface area (TPSA) is 0 Å². The van der Waals surface area contributed by atoms with Gasteiger partial charge in [0.15, 0.2) is 0 Å². The lowest BCUT2D eigenvalue weighted by molar-refractivity contribution is 0.375. The smallest absolute Gasteiger partial charge is 0.0199 e. The van der Waals surface area contributed by atoms with Gasteiger partial charge in [0.1, 0.15) is 0 Å². The van der Waals surface area contributed by atoms with E-state index in [1.165, 1.54) is 32.1 Å². The van der Waals surface area contributed by atoms with Gasteiger partial charge in [-0.2, -0.15) is 0 Å². The zero-order valence-electron chi connectivity index (χ0n) is 7.00. The van der Waals surface area contributed by atoms with E-state index in [2.05, 4.69) is 24.3 Å². The van der Waals surface area contributed by atoms with E-state index in [1.54, 1.807) is 0 Å².